The van der Waals surface area contributed by atoms with Gasteiger partial charge in [0.2, 0.25) is 0 Å². The smallest absolute Gasteiger partial charge is 0.403 e. The number of anilines is 1. The maximum absolute atomic E-state index is 14.0. The Hall–Kier alpha value is -1.33. The van der Waals surface area contributed by atoms with Crippen LogP contribution in [0.1, 0.15) is 42.1 Å². The number of nitrogens with zero attached hydrogens (tertiary/aromatic N) is 2. The van der Waals surface area contributed by atoms with Gasteiger partial charge >= 0.3 is 59.1 Å². The maximum atomic E-state index is 14.0. The van der Waals surface area contributed by atoms with Crippen LogP contribution in [0.2, 0.25) is 0 Å². The van der Waals surface area contributed by atoms with E-state index in [0.29, 0.717) is 23.8 Å². The molecular formula is C26H39FN7Na2+. The molecule has 1 aromatic carbocycles. The Morgan fingerprint density at radius 1 is 1.31 bits per heavy atom. The minimum Gasteiger partial charge on any atom is -0.403 e. The molecule has 2 heterocycles. The molecule has 36 heavy (non-hydrogen) atoms. The number of allylic oxidation sites excluding steroid dienone is 1. The molecule has 1 fully saturated rings. The van der Waals surface area contributed by atoms with Crippen molar-refractivity contribution in [2.45, 2.75) is 31.3 Å². The van der Waals surface area contributed by atoms with Gasteiger partial charge in [-0.25, -0.2) is 4.98 Å². The van der Waals surface area contributed by atoms with E-state index in [0.717, 1.165) is 30.0 Å². The van der Waals surface area contributed by atoms with Gasteiger partial charge in [-0.3, -0.25) is 10.2 Å². The standard InChI is InChI=1S/C19H24FN4.C5H11N3.C2H4.2Na/c1-13-8-9-14(11-16(13)20)19(17-6-3-7-18(21)23-17)22-12-15-5-4-10-24(15)2;1-2-3-5(4-6)8-7;1-2;;/h3,6-9,11,15,19,22H,1,4-5,10,12H2,2H3,(H2,21,23);2,4,8H,1,3,6-7H2;1-2H2;;/q-1;;;2*+1/b;5-4-;;;. The van der Waals surface area contributed by atoms with Gasteiger partial charge in [0.25, 0.3) is 0 Å². The van der Waals surface area contributed by atoms with Gasteiger partial charge in [-0.1, -0.05) is 18.2 Å². The molecule has 10 heteroatoms. The molecule has 186 valence electrons. The molecule has 0 amide bonds. The van der Waals surface area contributed by atoms with Gasteiger partial charge in [-0.15, -0.1) is 25.8 Å². The van der Waals surface area contributed by atoms with E-state index in [9.17, 15) is 4.39 Å². The number of aromatic nitrogens is 1. The molecule has 0 aliphatic carbocycles. The second-order valence-corrected chi connectivity index (χ2v) is 7.79. The SMILES string of the molecule is C=C.C=CC/C(=C/N)NN.[CH2-]c1ccc(C(NCC2CCCN2C)c2cccc(N)n2)cc1F.[Na+].[Na+]. The van der Waals surface area contributed by atoms with Crippen LogP contribution in [0.25, 0.3) is 0 Å². The van der Waals surface area contributed by atoms with Crippen molar-refractivity contribution in [3.05, 3.63) is 104 Å². The van der Waals surface area contributed by atoms with E-state index in [1.54, 1.807) is 18.2 Å². The number of nitrogen functional groups attached to an aromatic ring is 1. The number of nitrogens with two attached hydrogens (primary N) is 3. The summed E-state index contributed by atoms with van der Waals surface area (Å²) in [5, 5.41) is 3.55. The topological polar surface area (TPSA) is 118 Å². The summed E-state index contributed by atoms with van der Waals surface area (Å²) in [5.74, 6) is 5.18. The molecule has 2 unspecified atom stereocenters. The van der Waals surface area contributed by atoms with Gasteiger partial charge in [0.05, 0.1) is 11.7 Å². The molecule has 0 spiro atoms. The summed E-state index contributed by atoms with van der Waals surface area (Å²) in [6, 6.07) is 11.0. The average Bonchev–Trinajstić information content (AvgIpc) is 3.26. The predicted octanol–water partition coefficient (Wildman–Crippen LogP) is -2.61. The monoisotopic (exact) mass is 514 g/mol. The molecule has 7 nitrogen and oxygen atoms in total. The van der Waals surface area contributed by atoms with E-state index in [-0.39, 0.29) is 71.0 Å². The minimum absolute atomic E-state index is 0. The summed E-state index contributed by atoms with van der Waals surface area (Å²) in [5.41, 5.74) is 16.2. The molecule has 0 radical (unpaired) electrons. The molecule has 0 saturated carbocycles. The normalized spacial score (nSPS) is 15.5. The second kappa shape index (κ2) is 20.7. The zero-order chi connectivity index (χ0) is 25.5. The first kappa shape index (κ1) is 36.8. The van der Waals surface area contributed by atoms with E-state index < -0.39 is 0 Å². The Kier molecular flexibility index (Phi) is 21.2. The van der Waals surface area contributed by atoms with Gasteiger partial charge in [-0.2, -0.15) is 18.6 Å². The summed E-state index contributed by atoms with van der Waals surface area (Å²) >= 11 is 0. The number of rotatable bonds is 8. The molecule has 3 rings (SSSR count). The Balaban J connectivity index is 0. The van der Waals surface area contributed by atoms with E-state index >= 15 is 0 Å². The minimum atomic E-state index is -0.304. The average molecular weight is 515 g/mol. The zero-order valence-corrected chi connectivity index (χ0v) is 26.1. The molecule has 1 saturated heterocycles. The van der Waals surface area contributed by atoms with Crippen molar-refractivity contribution in [3.8, 4) is 0 Å². The zero-order valence-electron chi connectivity index (χ0n) is 22.1. The summed E-state index contributed by atoms with van der Waals surface area (Å²) < 4.78 is 14.0. The van der Waals surface area contributed by atoms with Crippen LogP contribution in [0.3, 0.4) is 0 Å². The number of hydrazine groups is 1. The first-order valence-electron chi connectivity index (χ1n) is 11.1. The summed E-state index contributed by atoms with van der Waals surface area (Å²) in [6.07, 6.45) is 6.22. The Bertz CT molecular complexity index is 927. The van der Waals surface area contributed by atoms with Gasteiger partial charge in [0, 0.05) is 36.7 Å². The molecule has 8 N–H and O–H groups in total. The number of hydrogen-bond donors (Lipinski definition) is 5. The molecule has 1 aliphatic rings. The molecule has 1 aromatic heterocycles. The number of pyridine rings is 1. The quantitative estimate of drug-likeness (QED) is 0.0862. The van der Waals surface area contributed by atoms with E-state index in [2.05, 4.69) is 54.3 Å². The fourth-order valence-corrected chi connectivity index (χ4v) is 3.59. The largest absolute Gasteiger partial charge is 1.00 e. The van der Waals surface area contributed by atoms with Gasteiger partial charge in [0.1, 0.15) is 5.82 Å². The molecule has 2 aromatic rings. The third-order valence-electron chi connectivity index (χ3n) is 5.48. The number of halogens is 1. The Labute approximate surface area is 260 Å². The number of benzene rings is 1. The van der Waals surface area contributed by atoms with Gasteiger partial charge in [0.15, 0.2) is 0 Å². The van der Waals surface area contributed by atoms with Crippen LogP contribution in [-0.4, -0.2) is 36.1 Å². The fourth-order valence-electron chi connectivity index (χ4n) is 3.59. The Morgan fingerprint density at radius 3 is 2.47 bits per heavy atom. The van der Waals surface area contributed by atoms with Gasteiger partial charge in [-0.05, 0) is 44.1 Å². The van der Waals surface area contributed by atoms with E-state index in [1.165, 1.54) is 25.1 Å². The van der Waals surface area contributed by atoms with Crippen molar-refractivity contribution < 1.29 is 63.5 Å². The number of hydrogen-bond acceptors (Lipinski definition) is 7. The van der Waals surface area contributed by atoms with E-state index in [4.69, 9.17) is 17.3 Å². The van der Waals surface area contributed by atoms with Crippen LogP contribution in [0.5, 0.6) is 0 Å². The summed E-state index contributed by atoms with van der Waals surface area (Å²) in [4.78, 5) is 6.79. The van der Waals surface area contributed by atoms with Crippen molar-refractivity contribution in [1.82, 2.24) is 20.6 Å². The predicted molar refractivity (Wildman–Crippen MR) is 141 cm³/mol. The Morgan fingerprint density at radius 2 is 2.00 bits per heavy atom. The van der Waals surface area contributed by atoms with Crippen molar-refractivity contribution in [3.63, 3.8) is 0 Å². The maximum Gasteiger partial charge on any atom is 1.00 e. The first-order chi connectivity index (χ1) is 16.4. The van der Waals surface area contributed by atoms with Crippen LogP contribution in [0.15, 0.2) is 74.1 Å². The fraction of sp³-hybridized carbons (Fsp3) is 0.308. The van der Waals surface area contributed by atoms with Crippen LogP contribution >= 0.6 is 0 Å². The van der Waals surface area contributed by atoms with Crippen molar-refractivity contribution in [1.29, 1.82) is 0 Å². The number of likely N-dealkylation sites (N-methyl/N-ethyl adjacent to an activating group) is 1. The first-order valence-corrected chi connectivity index (χ1v) is 11.1. The number of likely N-dealkylation sites (tertiary alicyclic amines) is 1. The van der Waals surface area contributed by atoms with Crippen LogP contribution < -0.4 is 87.2 Å². The van der Waals surface area contributed by atoms with Crippen molar-refractivity contribution >= 4 is 5.82 Å². The van der Waals surface area contributed by atoms with Gasteiger partial charge < -0.3 is 27.1 Å². The number of nitrogens with one attached hydrogen (secondary N) is 2. The van der Waals surface area contributed by atoms with Crippen molar-refractivity contribution in [2.24, 2.45) is 11.6 Å². The third-order valence-corrected chi connectivity index (χ3v) is 5.48. The molecule has 0 bridgehead atoms. The summed E-state index contributed by atoms with van der Waals surface area (Å²) in [7, 11) is 2.14. The molecule has 1 aliphatic heterocycles. The third kappa shape index (κ3) is 12.3. The summed E-state index contributed by atoms with van der Waals surface area (Å²) in [6.45, 7) is 15.1. The van der Waals surface area contributed by atoms with Crippen molar-refractivity contribution in [2.75, 3.05) is 25.9 Å². The van der Waals surface area contributed by atoms with Crippen LogP contribution in [-0.2, 0) is 0 Å². The molecular weight excluding hydrogens is 475 g/mol. The second-order valence-electron chi connectivity index (χ2n) is 7.79. The van der Waals surface area contributed by atoms with Crippen LogP contribution in [0, 0.1) is 12.7 Å². The molecule has 2 atom stereocenters. The van der Waals surface area contributed by atoms with Crippen LogP contribution in [0.4, 0.5) is 10.2 Å². The van der Waals surface area contributed by atoms with E-state index in [1.807, 2.05) is 18.2 Å².